The van der Waals surface area contributed by atoms with Crippen molar-refractivity contribution < 1.29 is 19.1 Å². The maximum Gasteiger partial charge on any atom is 0.338 e. The highest BCUT2D eigenvalue weighted by Crippen LogP contribution is 2.23. The molecule has 1 amide bonds. The van der Waals surface area contributed by atoms with Crippen LogP contribution in [0.4, 0.5) is 0 Å². The number of amides is 1. The quantitative estimate of drug-likeness (QED) is 0.709. The van der Waals surface area contributed by atoms with Crippen molar-refractivity contribution in [2.24, 2.45) is 0 Å². The SMILES string of the molecule is CN(C(=O)COC(=O)c1cccc(Oc2ccccc2)c1)C1CCCCC1. The summed E-state index contributed by atoms with van der Waals surface area (Å²) in [6.07, 6.45) is 5.57. The number of hydrogen-bond acceptors (Lipinski definition) is 4. The molecule has 27 heavy (non-hydrogen) atoms. The number of likely N-dealkylation sites (N-methyl/N-ethyl adjacent to an activating group) is 1. The van der Waals surface area contributed by atoms with Gasteiger partial charge in [-0.25, -0.2) is 4.79 Å². The first-order chi connectivity index (χ1) is 13.1. The van der Waals surface area contributed by atoms with E-state index in [0.29, 0.717) is 17.1 Å². The molecule has 0 saturated heterocycles. The molecule has 0 atom stereocenters. The summed E-state index contributed by atoms with van der Waals surface area (Å²) in [5.41, 5.74) is 0.358. The van der Waals surface area contributed by atoms with Crippen molar-refractivity contribution in [2.75, 3.05) is 13.7 Å². The van der Waals surface area contributed by atoms with Gasteiger partial charge in [-0.1, -0.05) is 43.5 Å². The molecule has 5 nitrogen and oxygen atoms in total. The topological polar surface area (TPSA) is 55.8 Å². The van der Waals surface area contributed by atoms with Crippen molar-refractivity contribution >= 4 is 11.9 Å². The Balaban J connectivity index is 1.54. The Morgan fingerprint density at radius 1 is 0.963 bits per heavy atom. The van der Waals surface area contributed by atoms with E-state index in [-0.39, 0.29) is 18.6 Å². The van der Waals surface area contributed by atoms with Crippen LogP contribution in [0.25, 0.3) is 0 Å². The Kier molecular flexibility index (Phi) is 6.47. The predicted octanol–water partition coefficient (Wildman–Crippen LogP) is 4.43. The Morgan fingerprint density at radius 3 is 2.41 bits per heavy atom. The van der Waals surface area contributed by atoms with Crippen LogP contribution >= 0.6 is 0 Å². The largest absolute Gasteiger partial charge is 0.457 e. The Morgan fingerprint density at radius 2 is 1.67 bits per heavy atom. The molecule has 0 spiro atoms. The van der Waals surface area contributed by atoms with Gasteiger partial charge in [0, 0.05) is 13.1 Å². The Bertz CT molecular complexity index is 769. The van der Waals surface area contributed by atoms with E-state index in [1.165, 1.54) is 6.42 Å². The van der Waals surface area contributed by atoms with Gasteiger partial charge in [0.1, 0.15) is 11.5 Å². The fraction of sp³-hybridized carbons (Fsp3) is 0.364. The minimum atomic E-state index is -0.529. The summed E-state index contributed by atoms with van der Waals surface area (Å²) < 4.78 is 11.0. The molecule has 0 bridgehead atoms. The molecule has 1 saturated carbocycles. The summed E-state index contributed by atoms with van der Waals surface area (Å²) in [5, 5.41) is 0. The van der Waals surface area contributed by atoms with Crippen LogP contribution in [0.1, 0.15) is 42.5 Å². The van der Waals surface area contributed by atoms with E-state index in [1.807, 2.05) is 30.3 Å². The number of benzene rings is 2. The lowest BCUT2D eigenvalue weighted by atomic mass is 9.94. The normalized spacial score (nSPS) is 14.4. The van der Waals surface area contributed by atoms with Crippen LogP contribution in [0.15, 0.2) is 54.6 Å². The van der Waals surface area contributed by atoms with Crippen LogP contribution in [-0.2, 0) is 9.53 Å². The van der Waals surface area contributed by atoms with Crippen LogP contribution in [0.3, 0.4) is 0 Å². The van der Waals surface area contributed by atoms with Crippen LogP contribution in [-0.4, -0.2) is 36.5 Å². The number of rotatable bonds is 6. The summed E-state index contributed by atoms with van der Waals surface area (Å²) in [7, 11) is 1.79. The first-order valence-electron chi connectivity index (χ1n) is 9.39. The molecular formula is C22H25NO4. The molecule has 0 aromatic heterocycles. The molecule has 0 aliphatic heterocycles. The highest BCUT2D eigenvalue weighted by atomic mass is 16.5. The molecule has 0 radical (unpaired) electrons. The third-order valence-electron chi connectivity index (χ3n) is 4.89. The Labute approximate surface area is 159 Å². The van der Waals surface area contributed by atoms with Crippen molar-refractivity contribution in [3.05, 3.63) is 60.2 Å². The van der Waals surface area contributed by atoms with Crippen molar-refractivity contribution in [3.63, 3.8) is 0 Å². The van der Waals surface area contributed by atoms with Gasteiger partial charge < -0.3 is 14.4 Å². The fourth-order valence-electron chi connectivity index (χ4n) is 3.30. The maximum atomic E-state index is 12.3. The van der Waals surface area contributed by atoms with E-state index in [1.54, 1.807) is 36.2 Å². The van der Waals surface area contributed by atoms with Gasteiger partial charge in [0.2, 0.25) is 0 Å². The molecule has 5 heteroatoms. The van der Waals surface area contributed by atoms with Gasteiger partial charge >= 0.3 is 5.97 Å². The molecule has 3 rings (SSSR count). The standard InChI is InChI=1S/C22H25NO4/c1-23(18-10-4-2-5-11-18)21(24)16-26-22(25)17-9-8-14-20(15-17)27-19-12-6-3-7-13-19/h3,6-9,12-15,18H,2,4-5,10-11,16H2,1H3. The third kappa shape index (κ3) is 5.33. The van der Waals surface area contributed by atoms with Gasteiger partial charge in [0.15, 0.2) is 6.61 Å². The lowest BCUT2D eigenvalue weighted by molar-refractivity contribution is -0.135. The lowest BCUT2D eigenvalue weighted by Gasteiger charge is -2.31. The molecule has 1 fully saturated rings. The average Bonchev–Trinajstić information content (AvgIpc) is 2.72. The minimum Gasteiger partial charge on any atom is -0.457 e. The summed E-state index contributed by atoms with van der Waals surface area (Å²) in [5.74, 6) is 0.541. The van der Waals surface area contributed by atoms with Crippen molar-refractivity contribution in [1.82, 2.24) is 4.90 Å². The molecule has 0 N–H and O–H groups in total. The molecule has 1 aliphatic rings. The van der Waals surface area contributed by atoms with E-state index in [0.717, 1.165) is 25.7 Å². The summed E-state index contributed by atoms with van der Waals surface area (Å²) in [4.78, 5) is 26.3. The second-order valence-electron chi connectivity index (χ2n) is 6.82. The summed E-state index contributed by atoms with van der Waals surface area (Å²) in [6, 6.07) is 16.4. The van der Waals surface area contributed by atoms with Gasteiger partial charge in [0.25, 0.3) is 5.91 Å². The molecule has 0 heterocycles. The van der Waals surface area contributed by atoms with Gasteiger partial charge in [-0.3, -0.25) is 4.79 Å². The number of carbonyl (C=O) groups is 2. The van der Waals surface area contributed by atoms with Crippen LogP contribution in [0.5, 0.6) is 11.5 Å². The zero-order valence-corrected chi connectivity index (χ0v) is 15.6. The first kappa shape index (κ1) is 19.0. The van der Waals surface area contributed by atoms with Crippen LogP contribution < -0.4 is 4.74 Å². The van der Waals surface area contributed by atoms with Gasteiger partial charge in [0.05, 0.1) is 5.56 Å². The molecule has 2 aromatic carbocycles. The van der Waals surface area contributed by atoms with Crippen molar-refractivity contribution in [2.45, 2.75) is 38.1 Å². The summed E-state index contributed by atoms with van der Waals surface area (Å²) >= 11 is 0. The van der Waals surface area contributed by atoms with E-state index < -0.39 is 5.97 Å². The molecule has 142 valence electrons. The third-order valence-corrected chi connectivity index (χ3v) is 4.89. The van der Waals surface area contributed by atoms with Gasteiger partial charge in [-0.2, -0.15) is 0 Å². The predicted molar refractivity (Wildman–Crippen MR) is 103 cm³/mol. The molecule has 1 aliphatic carbocycles. The smallest absolute Gasteiger partial charge is 0.338 e. The van der Waals surface area contributed by atoms with Gasteiger partial charge in [-0.15, -0.1) is 0 Å². The highest BCUT2D eigenvalue weighted by molar-refractivity contribution is 5.91. The average molecular weight is 367 g/mol. The van der Waals surface area contributed by atoms with Crippen molar-refractivity contribution in [3.8, 4) is 11.5 Å². The number of carbonyl (C=O) groups excluding carboxylic acids is 2. The number of hydrogen-bond donors (Lipinski definition) is 0. The molecule has 2 aromatic rings. The number of nitrogens with zero attached hydrogens (tertiary/aromatic N) is 1. The highest BCUT2D eigenvalue weighted by Gasteiger charge is 2.23. The number of esters is 1. The number of para-hydroxylation sites is 1. The second-order valence-corrected chi connectivity index (χ2v) is 6.82. The number of ether oxygens (including phenoxy) is 2. The van der Waals surface area contributed by atoms with E-state index in [9.17, 15) is 9.59 Å². The zero-order chi connectivity index (χ0) is 19.1. The van der Waals surface area contributed by atoms with Crippen LogP contribution in [0.2, 0.25) is 0 Å². The van der Waals surface area contributed by atoms with E-state index >= 15 is 0 Å². The second kappa shape index (κ2) is 9.21. The van der Waals surface area contributed by atoms with E-state index in [2.05, 4.69) is 0 Å². The van der Waals surface area contributed by atoms with Crippen LogP contribution in [0, 0.1) is 0 Å². The van der Waals surface area contributed by atoms with E-state index in [4.69, 9.17) is 9.47 Å². The minimum absolute atomic E-state index is 0.160. The Hall–Kier alpha value is -2.82. The first-order valence-corrected chi connectivity index (χ1v) is 9.39. The monoisotopic (exact) mass is 367 g/mol. The van der Waals surface area contributed by atoms with Gasteiger partial charge in [-0.05, 0) is 43.2 Å². The maximum absolute atomic E-state index is 12.3. The lowest BCUT2D eigenvalue weighted by Crippen LogP contribution is -2.40. The molecular weight excluding hydrogens is 342 g/mol. The fourth-order valence-corrected chi connectivity index (χ4v) is 3.30. The van der Waals surface area contributed by atoms with Crippen molar-refractivity contribution in [1.29, 1.82) is 0 Å². The zero-order valence-electron chi connectivity index (χ0n) is 15.6. The summed E-state index contributed by atoms with van der Waals surface area (Å²) in [6.45, 7) is -0.240. The molecule has 0 unspecified atom stereocenters.